The van der Waals surface area contributed by atoms with E-state index >= 15 is 0 Å². The van der Waals surface area contributed by atoms with Crippen LogP contribution < -0.4 is 15.0 Å². The molecule has 15 heteroatoms. The second kappa shape index (κ2) is 14.3. The zero-order valence-electron chi connectivity index (χ0n) is 22.8. The highest BCUT2D eigenvalue weighted by molar-refractivity contribution is 6.32. The summed E-state index contributed by atoms with van der Waals surface area (Å²) < 4.78 is 74.9. The Morgan fingerprint density at radius 3 is 2.35 bits per heavy atom. The molecule has 43 heavy (non-hydrogen) atoms. The molecule has 2 N–H and O–H groups in total. The predicted octanol–water partition coefficient (Wildman–Crippen LogP) is 5.18. The third kappa shape index (κ3) is 9.31. The Morgan fingerprint density at radius 1 is 1.07 bits per heavy atom. The van der Waals surface area contributed by atoms with Crippen LogP contribution in [0.2, 0.25) is 10.0 Å². The molecular formula is C28H30Cl2F5N3O5. The molecule has 2 fully saturated rings. The normalized spacial score (nSPS) is 20.0. The predicted molar refractivity (Wildman–Crippen MR) is 149 cm³/mol. The second-order valence-corrected chi connectivity index (χ2v) is 11.3. The first-order chi connectivity index (χ1) is 20.3. The van der Waals surface area contributed by atoms with Gasteiger partial charge in [-0.2, -0.15) is 13.2 Å². The fraction of sp³-hybridized carbons (Fsp3) is 0.500. The molecule has 2 aliphatic rings. The summed E-state index contributed by atoms with van der Waals surface area (Å²) in [7, 11) is 0. The number of nitrogens with one attached hydrogen (secondary N) is 1. The van der Waals surface area contributed by atoms with Crippen molar-refractivity contribution in [2.75, 3.05) is 37.7 Å². The summed E-state index contributed by atoms with van der Waals surface area (Å²) in [6.45, 7) is 1.01. The Kier molecular flexibility index (Phi) is 11.0. The third-order valence-electron chi connectivity index (χ3n) is 7.29. The molecular weight excluding hydrogens is 624 g/mol. The van der Waals surface area contributed by atoms with Crippen molar-refractivity contribution >= 4 is 40.8 Å². The lowest BCUT2D eigenvalue weighted by Gasteiger charge is -2.34. The number of anilines is 1. The number of carbonyl (C=O) groups is 2. The number of benzene rings is 2. The third-order valence-corrected chi connectivity index (χ3v) is 7.84. The summed E-state index contributed by atoms with van der Waals surface area (Å²) in [4.78, 5) is 27.1. The zero-order chi connectivity index (χ0) is 31.3. The van der Waals surface area contributed by atoms with Crippen molar-refractivity contribution in [2.24, 2.45) is 0 Å². The number of nitrogens with zero attached hydrogens (tertiary/aromatic N) is 2. The smallest absolute Gasteiger partial charge is 0.486 e. The lowest BCUT2D eigenvalue weighted by Crippen LogP contribution is -2.51. The largest absolute Gasteiger partial charge is 0.490 e. The van der Waals surface area contributed by atoms with Crippen molar-refractivity contribution < 1.29 is 46.1 Å². The van der Waals surface area contributed by atoms with Gasteiger partial charge in [0.15, 0.2) is 0 Å². The fourth-order valence-corrected chi connectivity index (χ4v) is 5.68. The van der Waals surface area contributed by atoms with E-state index in [1.165, 1.54) is 12.1 Å². The fourth-order valence-electron chi connectivity index (χ4n) is 5.31. The number of likely N-dealkylation sites (tertiary alicyclic amines) is 1. The van der Waals surface area contributed by atoms with Gasteiger partial charge in [-0.3, -0.25) is 9.69 Å². The minimum Gasteiger partial charge on any atom is -0.486 e. The van der Waals surface area contributed by atoms with Crippen LogP contribution in [-0.2, 0) is 27.3 Å². The minimum absolute atomic E-state index is 0.0450. The van der Waals surface area contributed by atoms with Crippen molar-refractivity contribution in [3.8, 4) is 5.75 Å². The van der Waals surface area contributed by atoms with Crippen molar-refractivity contribution in [1.82, 2.24) is 10.2 Å². The first-order valence-electron chi connectivity index (χ1n) is 13.5. The highest BCUT2D eigenvalue weighted by Gasteiger charge is 2.46. The molecule has 0 saturated carbocycles. The van der Waals surface area contributed by atoms with Gasteiger partial charge in [-0.05, 0) is 55.3 Å². The molecule has 2 aliphatic heterocycles. The van der Waals surface area contributed by atoms with Crippen LogP contribution in [-0.4, -0.2) is 85.5 Å². The van der Waals surface area contributed by atoms with Gasteiger partial charge >= 0.3 is 18.1 Å². The first-order valence-corrected chi connectivity index (χ1v) is 14.2. The van der Waals surface area contributed by atoms with Crippen molar-refractivity contribution in [3.05, 3.63) is 57.6 Å². The lowest BCUT2D eigenvalue weighted by atomic mass is 10.0. The lowest BCUT2D eigenvalue weighted by molar-refractivity contribution is -0.204. The van der Waals surface area contributed by atoms with Crippen LogP contribution in [0.3, 0.4) is 0 Å². The number of esters is 1. The van der Waals surface area contributed by atoms with Crippen LogP contribution in [0.5, 0.6) is 5.75 Å². The van der Waals surface area contributed by atoms with Crippen LogP contribution in [0.1, 0.15) is 24.0 Å². The van der Waals surface area contributed by atoms with Gasteiger partial charge in [0.05, 0.1) is 24.0 Å². The van der Waals surface area contributed by atoms with E-state index in [2.05, 4.69) is 10.2 Å². The highest BCUT2D eigenvalue weighted by Crippen LogP contribution is 2.36. The average Bonchev–Trinajstić information content (AvgIpc) is 3.31. The number of halogens is 7. The molecule has 0 amide bonds. The molecule has 2 heterocycles. The van der Waals surface area contributed by atoms with E-state index in [-0.39, 0.29) is 41.2 Å². The van der Waals surface area contributed by atoms with Crippen LogP contribution in [0, 0.1) is 0 Å². The standard InChI is InChI=1S/C28H30Cl2F5N3O5/c29-18-3-1-16(2-4-18)12-37-7-5-19(6-8-37)36-21-13-38(14-24(21)43-27(41)28(33,34)35)22-11-23(42-15-25(31)32)20(30)9-17(22)10-26(39)40/h1-4,9,11,19,21,24-25,36H,5-8,10,12-15H2,(H,39,40)/t21-,24-/m0/s1. The van der Waals surface area contributed by atoms with Gasteiger partial charge in [0.25, 0.3) is 6.43 Å². The number of ether oxygens (including phenoxy) is 2. The van der Waals surface area contributed by atoms with E-state index in [9.17, 15) is 36.6 Å². The minimum atomic E-state index is -5.21. The zero-order valence-corrected chi connectivity index (χ0v) is 24.3. The summed E-state index contributed by atoms with van der Waals surface area (Å²) >= 11 is 12.1. The number of hydrogen-bond acceptors (Lipinski definition) is 7. The second-order valence-electron chi connectivity index (χ2n) is 10.5. The van der Waals surface area contributed by atoms with E-state index < -0.39 is 49.7 Å². The van der Waals surface area contributed by atoms with E-state index in [0.29, 0.717) is 37.5 Å². The summed E-state index contributed by atoms with van der Waals surface area (Å²) in [5.41, 5.74) is 1.50. The molecule has 236 valence electrons. The molecule has 0 bridgehead atoms. The molecule has 4 rings (SSSR count). The molecule has 0 radical (unpaired) electrons. The van der Waals surface area contributed by atoms with Gasteiger partial charge < -0.3 is 24.8 Å². The van der Waals surface area contributed by atoms with Gasteiger partial charge in [0.1, 0.15) is 18.5 Å². The van der Waals surface area contributed by atoms with E-state index in [0.717, 1.165) is 5.56 Å². The summed E-state index contributed by atoms with van der Waals surface area (Å²) in [6, 6.07) is 9.23. The first kappa shape index (κ1) is 33.0. The Balaban J connectivity index is 1.50. The quantitative estimate of drug-likeness (QED) is 0.253. The van der Waals surface area contributed by atoms with Crippen LogP contribution in [0.25, 0.3) is 0 Å². The van der Waals surface area contributed by atoms with Gasteiger partial charge in [-0.1, -0.05) is 35.3 Å². The highest BCUT2D eigenvalue weighted by atomic mass is 35.5. The Labute approximate surface area is 254 Å². The number of piperidine rings is 1. The van der Waals surface area contributed by atoms with Crippen molar-refractivity contribution in [2.45, 2.75) is 56.6 Å². The molecule has 2 aromatic rings. The molecule has 8 nitrogen and oxygen atoms in total. The summed E-state index contributed by atoms with van der Waals surface area (Å²) in [5, 5.41) is 13.3. The van der Waals surface area contributed by atoms with Crippen molar-refractivity contribution in [3.63, 3.8) is 0 Å². The number of carbonyl (C=O) groups excluding carboxylic acids is 1. The maximum absolute atomic E-state index is 13.1. The Morgan fingerprint density at radius 2 is 1.74 bits per heavy atom. The number of alkyl halides is 5. The summed E-state index contributed by atoms with van der Waals surface area (Å²) in [6.07, 6.45) is -8.39. The average molecular weight is 654 g/mol. The van der Waals surface area contributed by atoms with E-state index in [1.54, 1.807) is 4.90 Å². The van der Waals surface area contributed by atoms with Crippen LogP contribution in [0.15, 0.2) is 36.4 Å². The van der Waals surface area contributed by atoms with Crippen LogP contribution >= 0.6 is 23.2 Å². The van der Waals surface area contributed by atoms with Gasteiger partial charge in [0, 0.05) is 35.9 Å². The van der Waals surface area contributed by atoms with Crippen LogP contribution in [0.4, 0.5) is 27.6 Å². The SMILES string of the molecule is O=C(O)Cc1cc(Cl)c(OCC(F)F)cc1N1C[C@H](NC2CCN(Cc3ccc(Cl)cc3)CC2)[C@@H](OC(=O)C(F)(F)F)C1. The van der Waals surface area contributed by atoms with Gasteiger partial charge in [-0.25, -0.2) is 13.6 Å². The van der Waals surface area contributed by atoms with Crippen molar-refractivity contribution in [1.29, 1.82) is 0 Å². The number of hydrogen-bond donors (Lipinski definition) is 2. The number of rotatable bonds is 11. The molecule has 0 spiro atoms. The van der Waals surface area contributed by atoms with Gasteiger partial charge in [0.2, 0.25) is 0 Å². The van der Waals surface area contributed by atoms with Gasteiger partial charge in [-0.15, -0.1) is 0 Å². The summed E-state index contributed by atoms with van der Waals surface area (Å²) in [5.74, 6) is -3.69. The molecule has 2 aromatic carbocycles. The molecule has 0 aromatic heterocycles. The van der Waals surface area contributed by atoms with E-state index in [4.69, 9.17) is 32.7 Å². The monoisotopic (exact) mass is 653 g/mol. The number of carboxylic acids is 1. The molecule has 0 unspecified atom stereocenters. The maximum Gasteiger partial charge on any atom is 0.490 e. The number of aliphatic carboxylic acids is 1. The Hall–Kier alpha value is -2.87. The topological polar surface area (TPSA) is 91.3 Å². The number of carboxylic acid groups (broad SMARTS) is 1. The van der Waals surface area contributed by atoms with E-state index in [1.807, 2.05) is 24.3 Å². The molecule has 2 atom stereocenters. The molecule has 0 aliphatic carbocycles. The molecule has 2 saturated heterocycles. The Bertz CT molecular complexity index is 1280. The maximum atomic E-state index is 13.1.